The van der Waals surface area contributed by atoms with Gasteiger partial charge in [-0.15, -0.1) is 0 Å². The van der Waals surface area contributed by atoms with E-state index in [1.165, 1.54) is 57.2 Å². The molecule has 0 aliphatic carbocycles. The van der Waals surface area contributed by atoms with Gasteiger partial charge >= 0.3 is 35.8 Å². The highest BCUT2D eigenvalue weighted by Gasteiger charge is 2.31. The third-order valence-corrected chi connectivity index (χ3v) is 11.8. The summed E-state index contributed by atoms with van der Waals surface area (Å²) >= 11 is 20.3. The number of carbonyl (C=O) groups excluding carboxylic acids is 6. The summed E-state index contributed by atoms with van der Waals surface area (Å²) in [6.45, 7) is 3.79. The first kappa shape index (κ1) is 45.8. The van der Waals surface area contributed by atoms with Crippen LogP contribution in [0.4, 0.5) is 0 Å². The van der Waals surface area contributed by atoms with E-state index in [9.17, 15) is 28.8 Å². The van der Waals surface area contributed by atoms with Crippen LogP contribution >= 0.6 is 95.6 Å². The Kier molecular flexibility index (Phi) is 13.7. The van der Waals surface area contributed by atoms with Crippen molar-refractivity contribution < 1.29 is 57.2 Å². The fourth-order valence-electron chi connectivity index (χ4n) is 5.78. The van der Waals surface area contributed by atoms with Crippen LogP contribution in [0.3, 0.4) is 0 Å². The number of cyclic esters (lactones) is 3. The molecule has 0 bridgehead atoms. The molecular weight excluding hydrogens is 1220 g/mol. The van der Waals surface area contributed by atoms with Crippen molar-refractivity contribution in [3.05, 3.63) is 132 Å². The van der Waals surface area contributed by atoms with Crippen molar-refractivity contribution in [3.63, 3.8) is 0 Å². The maximum atomic E-state index is 13.2. The Labute approximate surface area is 406 Å². The van der Waals surface area contributed by atoms with Gasteiger partial charge in [-0.2, -0.15) is 0 Å². The number of rotatable bonds is 9. The topological polar surface area (TPSA) is 195 Å². The minimum Gasteiger partial charge on any atom is -0.424 e. The molecule has 3 aliphatic heterocycles. The third-order valence-electron chi connectivity index (χ3n) is 8.24. The summed E-state index contributed by atoms with van der Waals surface area (Å²) < 4.78 is 35.1. The smallest absolute Gasteiger partial charge is 0.363 e. The first-order valence-electron chi connectivity index (χ1n) is 17.6. The molecule has 0 radical (unpaired) electrons. The zero-order valence-electron chi connectivity index (χ0n) is 31.9. The molecule has 0 aromatic heterocycles. The summed E-state index contributed by atoms with van der Waals surface area (Å²) in [5.74, 6) is -3.74. The Morgan fingerprint density at radius 1 is 0.429 bits per heavy atom. The number of ether oxygens (including phenoxy) is 6. The molecule has 0 fully saturated rings. The van der Waals surface area contributed by atoms with Crippen molar-refractivity contribution in [3.8, 4) is 17.2 Å². The molecule has 4 aromatic rings. The average molecular weight is 1240 g/mol. The van der Waals surface area contributed by atoms with Crippen LogP contribution in [0, 0.1) is 0 Å². The highest BCUT2D eigenvalue weighted by atomic mass is 79.9. The van der Waals surface area contributed by atoms with Crippen molar-refractivity contribution in [1.29, 1.82) is 0 Å². The van der Waals surface area contributed by atoms with Gasteiger partial charge in [0.15, 0.2) is 34.3 Å². The highest BCUT2D eigenvalue weighted by molar-refractivity contribution is 9.12. The molecule has 7 rings (SSSR count). The lowest BCUT2D eigenvalue weighted by molar-refractivity contribution is -0.132. The summed E-state index contributed by atoms with van der Waals surface area (Å²) in [5.41, 5.74) is 1.77. The second kappa shape index (κ2) is 18.9. The molecule has 21 heteroatoms. The van der Waals surface area contributed by atoms with Crippen LogP contribution in [0.5, 0.6) is 17.2 Å². The molecule has 3 heterocycles. The van der Waals surface area contributed by atoms with E-state index in [2.05, 4.69) is 111 Å². The number of aliphatic imine (C=N–C) groups is 3. The minimum atomic E-state index is -0.799. The van der Waals surface area contributed by atoms with E-state index in [0.717, 1.165) is 0 Å². The lowest BCUT2D eigenvalue weighted by atomic mass is 10.0. The number of esters is 6. The summed E-state index contributed by atoms with van der Waals surface area (Å²) in [4.78, 5) is 87.8. The molecule has 3 aliphatic rings. The molecule has 0 saturated heterocycles. The van der Waals surface area contributed by atoms with Crippen molar-refractivity contribution in [2.75, 3.05) is 0 Å². The standard InChI is InChI=1S/C42H21Br6N3O12/c1-16(52)58-34-25(43)4-19(5-26(34)44)10-31-40(55)61-37(49-31)22-13-23(38-50-32(41(56)62-38)11-20-6-27(45)35(28(46)7-20)59-17(2)53)15-24(14-22)39-51-33(42(57)63-39)12-21-8-29(47)36(30(48)9-21)60-18(3)54/h4-15H,1-3H3. The normalized spacial score (nSPS) is 16.4. The molecule has 0 saturated carbocycles. The van der Waals surface area contributed by atoms with Gasteiger partial charge in [0.1, 0.15) is 0 Å². The summed E-state index contributed by atoms with van der Waals surface area (Å²) in [6.07, 6.45) is 4.37. The molecule has 0 N–H and O–H groups in total. The summed E-state index contributed by atoms with van der Waals surface area (Å²) in [6, 6.07) is 14.2. The lowest BCUT2D eigenvalue weighted by Gasteiger charge is -2.08. The number of hydrogen-bond donors (Lipinski definition) is 0. The molecule has 0 atom stereocenters. The largest absolute Gasteiger partial charge is 0.424 e. The predicted molar refractivity (Wildman–Crippen MR) is 248 cm³/mol. The lowest BCUT2D eigenvalue weighted by Crippen LogP contribution is -2.13. The van der Waals surface area contributed by atoms with Gasteiger partial charge in [0, 0.05) is 37.5 Å². The van der Waals surface area contributed by atoms with E-state index >= 15 is 0 Å². The molecule has 318 valence electrons. The molecule has 15 nitrogen and oxygen atoms in total. The first-order chi connectivity index (χ1) is 29.8. The van der Waals surface area contributed by atoms with Gasteiger partial charge < -0.3 is 28.4 Å². The van der Waals surface area contributed by atoms with E-state index in [1.807, 2.05) is 0 Å². The van der Waals surface area contributed by atoms with E-state index in [4.69, 9.17) is 28.4 Å². The molecule has 0 unspecified atom stereocenters. The monoisotopic (exact) mass is 1230 g/mol. The van der Waals surface area contributed by atoms with Gasteiger partial charge in [0.25, 0.3) is 0 Å². The van der Waals surface area contributed by atoms with Gasteiger partial charge in [-0.1, -0.05) is 0 Å². The van der Waals surface area contributed by atoms with Crippen LogP contribution in [0.1, 0.15) is 54.2 Å². The summed E-state index contributed by atoms with van der Waals surface area (Å²) in [5, 5.41) is 0. The quantitative estimate of drug-likeness (QED) is 0.0667. The van der Waals surface area contributed by atoms with Crippen molar-refractivity contribution >= 4 is 167 Å². The molecule has 4 aromatic carbocycles. The van der Waals surface area contributed by atoms with Gasteiger partial charge in [-0.05, 0) is 185 Å². The predicted octanol–water partition coefficient (Wildman–Crippen LogP) is 10.1. The first-order valence-corrected chi connectivity index (χ1v) is 22.3. The van der Waals surface area contributed by atoms with Gasteiger partial charge in [-0.3, -0.25) is 14.4 Å². The van der Waals surface area contributed by atoms with Crippen LogP contribution in [-0.4, -0.2) is 53.5 Å². The van der Waals surface area contributed by atoms with Gasteiger partial charge in [0.05, 0.1) is 26.8 Å². The Morgan fingerprint density at radius 2 is 0.651 bits per heavy atom. The number of carbonyl (C=O) groups is 6. The van der Waals surface area contributed by atoms with E-state index in [0.29, 0.717) is 43.5 Å². The SMILES string of the molecule is CC(=O)Oc1c(Br)cc(C=C2N=C(c3cc(C4=NC(=Cc5cc(Br)c(OC(C)=O)c(Br)c5)C(=O)O4)cc(C4=NC(=Cc5cc(Br)c(OC(C)=O)c(Br)c5)C(=O)O4)c3)OC2=O)cc1Br. The zero-order chi connectivity index (χ0) is 45.4. The number of halogens is 6. The zero-order valence-corrected chi connectivity index (χ0v) is 41.5. The molecular formula is C42H21Br6N3O12. The number of benzene rings is 4. The molecule has 0 spiro atoms. The Bertz CT molecular complexity index is 2580. The Hall–Kier alpha value is -5.19. The second-order valence-electron chi connectivity index (χ2n) is 13.0. The molecule has 0 amide bonds. The van der Waals surface area contributed by atoms with Crippen molar-refractivity contribution in [1.82, 2.24) is 0 Å². The number of nitrogens with zero attached hydrogens (tertiary/aromatic N) is 3. The van der Waals surface area contributed by atoms with Crippen LogP contribution in [0.15, 0.2) is 114 Å². The van der Waals surface area contributed by atoms with Crippen LogP contribution in [0.2, 0.25) is 0 Å². The highest BCUT2D eigenvalue weighted by Crippen LogP contribution is 2.39. The van der Waals surface area contributed by atoms with Gasteiger partial charge in [0.2, 0.25) is 17.7 Å². The minimum absolute atomic E-state index is 0.0882. The van der Waals surface area contributed by atoms with Crippen molar-refractivity contribution in [2.24, 2.45) is 15.0 Å². The van der Waals surface area contributed by atoms with Crippen LogP contribution < -0.4 is 14.2 Å². The second-order valence-corrected chi connectivity index (χ2v) is 18.2. The fourth-order valence-corrected chi connectivity index (χ4v) is 9.93. The fraction of sp³-hybridized carbons (Fsp3) is 0.0714. The summed E-state index contributed by atoms with van der Waals surface area (Å²) in [7, 11) is 0. The van der Waals surface area contributed by atoms with Crippen LogP contribution in [0.25, 0.3) is 18.2 Å². The Morgan fingerprint density at radius 3 is 0.857 bits per heavy atom. The van der Waals surface area contributed by atoms with E-state index < -0.39 is 35.8 Å². The number of hydrogen-bond acceptors (Lipinski definition) is 15. The maximum Gasteiger partial charge on any atom is 0.363 e. The van der Waals surface area contributed by atoms with E-state index in [-0.39, 0.29) is 68.7 Å². The Balaban J connectivity index is 1.30. The van der Waals surface area contributed by atoms with Crippen molar-refractivity contribution in [2.45, 2.75) is 20.8 Å². The third kappa shape index (κ3) is 10.6. The van der Waals surface area contributed by atoms with E-state index in [1.54, 1.807) is 36.4 Å². The van der Waals surface area contributed by atoms with Gasteiger partial charge in [-0.25, -0.2) is 29.4 Å². The van der Waals surface area contributed by atoms with Crippen LogP contribution in [-0.2, 0) is 43.0 Å². The average Bonchev–Trinajstić information content (AvgIpc) is 3.87. The molecule has 63 heavy (non-hydrogen) atoms. The maximum absolute atomic E-state index is 13.2.